The summed E-state index contributed by atoms with van der Waals surface area (Å²) >= 11 is 0. The van der Waals surface area contributed by atoms with Gasteiger partial charge in [0.05, 0.1) is 0 Å². The molecule has 0 unspecified atom stereocenters. The van der Waals surface area contributed by atoms with Gasteiger partial charge in [-0.25, -0.2) is 0 Å². The molecule has 0 spiro atoms. The topological polar surface area (TPSA) is 72.9 Å². The highest BCUT2D eigenvalue weighted by Gasteiger charge is 2.02. The first-order chi connectivity index (χ1) is 8.24. The Labute approximate surface area is 99.2 Å². The van der Waals surface area contributed by atoms with Crippen molar-refractivity contribution < 1.29 is 4.79 Å². The summed E-state index contributed by atoms with van der Waals surface area (Å²) in [4.78, 5) is 11.6. The van der Waals surface area contributed by atoms with Crippen LogP contribution in [0.5, 0.6) is 0 Å². The van der Waals surface area contributed by atoms with Crippen LogP contribution in [-0.4, -0.2) is 15.7 Å². The smallest absolute Gasteiger partial charge is 0.226 e. The lowest BCUT2D eigenvalue weighted by molar-refractivity contribution is -0.116. The van der Waals surface area contributed by atoms with E-state index in [1.165, 1.54) is 0 Å². The van der Waals surface area contributed by atoms with Crippen molar-refractivity contribution in [2.24, 2.45) is 0 Å². The second-order valence-corrected chi connectivity index (χ2v) is 3.69. The third-order valence-electron chi connectivity index (χ3n) is 2.32. The number of amides is 1. The molecule has 1 aromatic carbocycles. The van der Waals surface area contributed by atoms with Gasteiger partial charge in [0, 0.05) is 36.7 Å². The molecule has 17 heavy (non-hydrogen) atoms. The number of hydrogen-bond acceptors (Lipinski definition) is 3. The highest BCUT2D eigenvalue weighted by Crippen LogP contribution is 2.10. The van der Waals surface area contributed by atoms with Crippen molar-refractivity contribution in [3.8, 4) is 0 Å². The molecule has 1 heterocycles. The number of nitrogen functional groups attached to an aromatic ring is 1. The second kappa shape index (κ2) is 5.16. The molecule has 5 nitrogen and oxygen atoms in total. The maximum Gasteiger partial charge on any atom is 0.226 e. The molecular formula is C12H14N4O. The molecule has 88 valence electrons. The van der Waals surface area contributed by atoms with Crippen LogP contribution in [0.25, 0.3) is 0 Å². The van der Waals surface area contributed by atoms with Gasteiger partial charge < -0.3 is 11.1 Å². The van der Waals surface area contributed by atoms with Crippen LogP contribution in [0, 0.1) is 0 Å². The van der Waals surface area contributed by atoms with Gasteiger partial charge in [0.25, 0.3) is 0 Å². The first kappa shape index (κ1) is 11.2. The summed E-state index contributed by atoms with van der Waals surface area (Å²) < 4.78 is 1.72. The van der Waals surface area contributed by atoms with E-state index in [0.29, 0.717) is 18.7 Å². The van der Waals surface area contributed by atoms with Crippen LogP contribution < -0.4 is 11.1 Å². The lowest BCUT2D eigenvalue weighted by atomic mass is 10.3. The molecule has 0 bridgehead atoms. The van der Waals surface area contributed by atoms with Crippen molar-refractivity contribution in [2.45, 2.75) is 13.0 Å². The Morgan fingerprint density at radius 2 is 2.12 bits per heavy atom. The van der Waals surface area contributed by atoms with Crippen molar-refractivity contribution in [3.63, 3.8) is 0 Å². The Morgan fingerprint density at radius 3 is 2.76 bits per heavy atom. The maximum absolute atomic E-state index is 11.6. The van der Waals surface area contributed by atoms with E-state index in [0.717, 1.165) is 5.69 Å². The number of carbonyl (C=O) groups excluding carboxylic acids is 1. The molecule has 3 N–H and O–H groups in total. The predicted octanol–water partition coefficient (Wildman–Crippen LogP) is 1.49. The minimum absolute atomic E-state index is 0.0368. The van der Waals surface area contributed by atoms with E-state index in [2.05, 4.69) is 10.4 Å². The van der Waals surface area contributed by atoms with Gasteiger partial charge in [-0.1, -0.05) is 0 Å². The molecule has 0 saturated carbocycles. The lowest BCUT2D eigenvalue weighted by Crippen LogP contribution is -2.14. The molecular weight excluding hydrogens is 216 g/mol. The Hall–Kier alpha value is -2.30. The zero-order valence-electron chi connectivity index (χ0n) is 9.34. The average Bonchev–Trinajstić information content (AvgIpc) is 2.83. The summed E-state index contributed by atoms with van der Waals surface area (Å²) in [6.07, 6.45) is 3.92. The number of nitrogens with two attached hydrogens (primary N) is 1. The zero-order valence-corrected chi connectivity index (χ0v) is 9.34. The molecule has 1 amide bonds. The third kappa shape index (κ3) is 3.34. The quantitative estimate of drug-likeness (QED) is 0.782. The molecule has 2 rings (SSSR count). The van der Waals surface area contributed by atoms with Crippen molar-refractivity contribution in [3.05, 3.63) is 42.7 Å². The fourth-order valence-corrected chi connectivity index (χ4v) is 1.44. The van der Waals surface area contributed by atoms with Crippen LogP contribution >= 0.6 is 0 Å². The molecule has 0 aliphatic heterocycles. The maximum atomic E-state index is 11.6. The van der Waals surface area contributed by atoms with Gasteiger partial charge in [-0.3, -0.25) is 9.48 Å². The van der Waals surface area contributed by atoms with Gasteiger partial charge in [-0.15, -0.1) is 0 Å². The molecule has 0 radical (unpaired) electrons. The number of benzene rings is 1. The first-order valence-electron chi connectivity index (χ1n) is 5.37. The summed E-state index contributed by atoms with van der Waals surface area (Å²) in [7, 11) is 0. The average molecular weight is 230 g/mol. The van der Waals surface area contributed by atoms with Crippen LogP contribution in [0.15, 0.2) is 42.7 Å². The standard InChI is InChI=1S/C12H14N4O/c13-10-2-4-11(5-3-10)15-12(17)6-9-16-8-1-7-14-16/h1-5,7-8H,6,9,13H2,(H,15,17). The predicted molar refractivity (Wildman–Crippen MR) is 66.3 cm³/mol. The van der Waals surface area contributed by atoms with Crippen molar-refractivity contribution >= 4 is 17.3 Å². The number of anilines is 2. The number of nitrogens with zero attached hydrogens (tertiary/aromatic N) is 2. The Balaban J connectivity index is 1.83. The molecule has 0 fully saturated rings. The monoisotopic (exact) mass is 230 g/mol. The van der Waals surface area contributed by atoms with Gasteiger partial charge in [0.2, 0.25) is 5.91 Å². The van der Waals surface area contributed by atoms with Gasteiger partial charge in [0.15, 0.2) is 0 Å². The summed E-state index contributed by atoms with van der Waals surface area (Å²) in [6.45, 7) is 0.577. The van der Waals surface area contributed by atoms with E-state index in [1.54, 1.807) is 35.1 Å². The van der Waals surface area contributed by atoms with E-state index in [-0.39, 0.29) is 5.91 Å². The number of hydrogen-bond donors (Lipinski definition) is 2. The van der Waals surface area contributed by atoms with Crippen LogP contribution in [-0.2, 0) is 11.3 Å². The van der Waals surface area contributed by atoms with Crippen LogP contribution in [0.4, 0.5) is 11.4 Å². The van der Waals surface area contributed by atoms with Gasteiger partial charge >= 0.3 is 0 Å². The first-order valence-corrected chi connectivity index (χ1v) is 5.37. The van der Waals surface area contributed by atoms with E-state index in [1.807, 2.05) is 12.3 Å². The van der Waals surface area contributed by atoms with Gasteiger partial charge in [-0.05, 0) is 30.3 Å². The summed E-state index contributed by atoms with van der Waals surface area (Å²) in [5.41, 5.74) is 6.99. The van der Waals surface area contributed by atoms with E-state index in [9.17, 15) is 4.79 Å². The van der Waals surface area contributed by atoms with Crippen molar-refractivity contribution in [1.29, 1.82) is 0 Å². The highest BCUT2D eigenvalue weighted by atomic mass is 16.1. The van der Waals surface area contributed by atoms with Gasteiger partial charge in [0.1, 0.15) is 0 Å². The van der Waals surface area contributed by atoms with E-state index in [4.69, 9.17) is 5.73 Å². The van der Waals surface area contributed by atoms with Crippen molar-refractivity contribution in [1.82, 2.24) is 9.78 Å². The second-order valence-electron chi connectivity index (χ2n) is 3.69. The molecule has 0 saturated heterocycles. The number of rotatable bonds is 4. The SMILES string of the molecule is Nc1ccc(NC(=O)CCn2cccn2)cc1. The molecule has 0 aliphatic rings. The number of nitrogens with one attached hydrogen (secondary N) is 1. The normalized spacial score (nSPS) is 10.1. The van der Waals surface area contributed by atoms with E-state index < -0.39 is 0 Å². The molecule has 5 heteroatoms. The summed E-state index contributed by atoms with van der Waals surface area (Å²) in [6, 6.07) is 8.90. The Kier molecular flexibility index (Phi) is 3.40. The number of aryl methyl sites for hydroxylation is 1. The number of aromatic nitrogens is 2. The Morgan fingerprint density at radius 1 is 1.35 bits per heavy atom. The fraction of sp³-hybridized carbons (Fsp3) is 0.167. The zero-order chi connectivity index (χ0) is 12.1. The molecule has 1 aromatic heterocycles. The molecule has 2 aromatic rings. The molecule has 0 atom stereocenters. The largest absolute Gasteiger partial charge is 0.399 e. The lowest BCUT2D eigenvalue weighted by Gasteiger charge is -2.05. The summed E-state index contributed by atoms with van der Waals surface area (Å²) in [5.74, 6) is -0.0368. The van der Waals surface area contributed by atoms with Crippen LogP contribution in [0.1, 0.15) is 6.42 Å². The van der Waals surface area contributed by atoms with E-state index >= 15 is 0 Å². The third-order valence-corrected chi connectivity index (χ3v) is 2.32. The van der Waals surface area contributed by atoms with Crippen molar-refractivity contribution in [2.75, 3.05) is 11.1 Å². The Bertz CT molecular complexity index is 476. The number of carbonyl (C=O) groups is 1. The van der Waals surface area contributed by atoms with Crippen LogP contribution in [0.2, 0.25) is 0 Å². The molecule has 0 aliphatic carbocycles. The summed E-state index contributed by atoms with van der Waals surface area (Å²) in [5, 5.41) is 6.82. The van der Waals surface area contributed by atoms with Gasteiger partial charge in [-0.2, -0.15) is 5.10 Å². The fourth-order valence-electron chi connectivity index (χ4n) is 1.44. The minimum atomic E-state index is -0.0368. The minimum Gasteiger partial charge on any atom is -0.399 e. The van der Waals surface area contributed by atoms with Crippen LogP contribution in [0.3, 0.4) is 0 Å². The highest BCUT2D eigenvalue weighted by molar-refractivity contribution is 5.90.